The lowest BCUT2D eigenvalue weighted by molar-refractivity contribution is -0.384. The van der Waals surface area contributed by atoms with Crippen LogP contribution in [-0.4, -0.2) is 28.5 Å². The van der Waals surface area contributed by atoms with Crippen molar-refractivity contribution in [3.05, 3.63) is 68.2 Å². The number of carbonyl (C=O) groups is 2. The Balaban J connectivity index is 1.89. The molecule has 3 rings (SSSR count). The Morgan fingerprint density at radius 1 is 1.16 bits per heavy atom. The molecule has 0 aliphatic carbocycles. The molecule has 2 aromatic rings. The van der Waals surface area contributed by atoms with Crippen molar-refractivity contribution in [2.45, 2.75) is 13.5 Å². The molecule has 1 aliphatic rings. The first-order valence-electron chi connectivity index (χ1n) is 8.99. The molecule has 0 spiro atoms. The highest BCUT2D eigenvalue weighted by Crippen LogP contribution is 2.38. The predicted octanol–water partition coefficient (Wildman–Crippen LogP) is 3.14. The number of amides is 2. The molecule has 9 nitrogen and oxygen atoms in total. The summed E-state index contributed by atoms with van der Waals surface area (Å²) in [6.45, 7) is 2.09. The highest BCUT2D eigenvalue weighted by atomic mass is 35.5. The Morgan fingerprint density at radius 2 is 1.87 bits per heavy atom. The van der Waals surface area contributed by atoms with Gasteiger partial charge in [0.25, 0.3) is 17.5 Å². The van der Waals surface area contributed by atoms with Gasteiger partial charge in [0.2, 0.25) is 0 Å². The van der Waals surface area contributed by atoms with Crippen LogP contribution in [0.25, 0.3) is 6.08 Å². The van der Waals surface area contributed by atoms with Gasteiger partial charge in [0.15, 0.2) is 16.6 Å². The Labute approximate surface area is 187 Å². The molecule has 11 heteroatoms. The second-order valence-electron chi connectivity index (χ2n) is 6.27. The van der Waals surface area contributed by atoms with Gasteiger partial charge in [-0.3, -0.25) is 30.3 Å². The van der Waals surface area contributed by atoms with Gasteiger partial charge >= 0.3 is 0 Å². The number of hydrogen-bond donors (Lipinski definition) is 2. The van der Waals surface area contributed by atoms with E-state index in [1.165, 1.54) is 24.3 Å². The van der Waals surface area contributed by atoms with Crippen LogP contribution in [0, 0.1) is 10.1 Å². The van der Waals surface area contributed by atoms with Crippen LogP contribution in [0.5, 0.6) is 11.5 Å². The molecule has 31 heavy (non-hydrogen) atoms. The first-order valence-corrected chi connectivity index (χ1v) is 9.78. The third-order valence-corrected chi connectivity index (χ3v) is 4.58. The molecule has 160 valence electrons. The molecule has 0 unspecified atom stereocenters. The molecule has 2 aromatic carbocycles. The number of nitro benzene ring substituents is 1. The Kier molecular flexibility index (Phi) is 6.83. The van der Waals surface area contributed by atoms with E-state index in [0.29, 0.717) is 23.5 Å². The normalized spacial score (nSPS) is 13.4. The van der Waals surface area contributed by atoms with E-state index < -0.39 is 16.7 Å². The maximum absolute atomic E-state index is 12.1. The van der Waals surface area contributed by atoms with Crippen molar-refractivity contribution >= 4 is 52.5 Å². The SMILES string of the molecule is CCOc1cc(C=C2C(=O)NC(=S)NC2=O)cc(Cl)c1OCc1cccc([N+](=O)[O-])c1. The zero-order chi connectivity index (χ0) is 22.5. The molecule has 0 bridgehead atoms. The number of nitrogens with zero attached hydrogens (tertiary/aromatic N) is 1. The fourth-order valence-corrected chi connectivity index (χ4v) is 3.22. The number of ether oxygens (including phenoxy) is 2. The number of non-ortho nitro benzene ring substituents is 1. The van der Waals surface area contributed by atoms with Gasteiger partial charge in [-0.15, -0.1) is 0 Å². The summed E-state index contributed by atoms with van der Waals surface area (Å²) >= 11 is 11.1. The minimum Gasteiger partial charge on any atom is -0.490 e. The van der Waals surface area contributed by atoms with Crippen LogP contribution in [-0.2, 0) is 16.2 Å². The molecular formula is C20H16ClN3O6S. The molecule has 1 fully saturated rings. The van der Waals surface area contributed by atoms with Crippen LogP contribution in [0.1, 0.15) is 18.1 Å². The second-order valence-corrected chi connectivity index (χ2v) is 7.09. The average Bonchev–Trinajstić information content (AvgIpc) is 2.70. The van der Waals surface area contributed by atoms with Crippen LogP contribution >= 0.6 is 23.8 Å². The van der Waals surface area contributed by atoms with Crippen molar-refractivity contribution < 1.29 is 24.0 Å². The summed E-state index contributed by atoms with van der Waals surface area (Å²) in [5.74, 6) is -0.738. The van der Waals surface area contributed by atoms with E-state index in [2.05, 4.69) is 10.6 Å². The standard InChI is InChI=1S/C20H16ClN3O6S/c1-2-29-16-9-12(7-14-18(25)22-20(31)23-19(14)26)8-15(21)17(16)30-10-11-4-3-5-13(6-11)24(27)28/h3-9H,2,10H2,1H3,(H2,22,23,25,26,31). The molecule has 1 aliphatic heterocycles. The molecule has 2 N–H and O–H groups in total. The monoisotopic (exact) mass is 461 g/mol. The summed E-state index contributed by atoms with van der Waals surface area (Å²) in [6, 6.07) is 9.10. The third-order valence-electron chi connectivity index (χ3n) is 4.09. The van der Waals surface area contributed by atoms with E-state index in [9.17, 15) is 19.7 Å². The number of benzene rings is 2. The molecular weight excluding hydrogens is 446 g/mol. The van der Waals surface area contributed by atoms with Crippen molar-refractivity contribution in [2.24, 2.45) is 0 Å². The number of carbonyl (C=O) groups excluding carboxylic acids is 2. The third kappa shape index (κ3) is 5.36. The lowest BCUT2D eigenvalue weighted by Gasteiger charge is -2.17. The number of hydrogen-bond acceptors (Lipinski definition) is 7. The molecule has 0 radical (unpaired) electrons. The average molecular weight is 462 g/mol. The van der Waals surface area contributed by atoms with E-state index >= 15 is 0 Å². The minimum atomic E-state index is -0.631. The van der Waals surface area contributed by atoms with E-state index in [1.54, 1.807) is 25.1 Å². The fraction of sp³-hybridized carbons (Fsp3) is 0.150. The van der Waals surface area contributed by atoms with Crippen LogP contribution in [0.4, 0.5) is 5.69 Å². The summed E-state index contributed by atoms with van der Waals surface area (Å²) in [4.78, 5) is 34.6. The Morgan fingerprint density at radius 3 is 2.52 bits per heavy atom. The minimum absolute atomic E-state index is 0.0180. The Hall–Kier alpha value is -3.50. The first kappa shape index (κ1) is 22.2. The molecule has 1 heterocycles. The lowest BCUT2D eigenvalue weighted by atomic mass is 10.1. The maximum atomic E-state index is 12.1. The molecule has 0 atom stereocenters. The number of nitrogens with one attached hydrogen (secondary N) is 2. The largest absolute Gasteiger partial charge is 0.490 e. The van der Waals surface area contributed by atoms with Crippen molar-refractivity contribution in [3.8, 4) is 11.5 Å². The number of thiocarbonyl (C=S) groups is 1. The van der Waals surface area contributed by atoms with Crippen molar-refractivity contribution in [1.29, 1.82) is 0 Å². The van der Waals surface area contributed by atoms with Gasteiger partial charge in [-0.05, 0) is 48.5 Å². The van der Waals surface area contributed by atoms with Gasteiger partial charge < -0.3 is 9.47 Å². The van der Waals surface area contributed by atoms with Gasteiger partial charge in [-0.1, -0.05) is 23.7 Å². The topological polar surface area (TPSA) is 120 Å². The summed E-state index contributed by atoms with van der Waals surface area (Å²) in [5.41, 5.74) is 0.815. The lowest BCUT2D eigenvalue weighted by Crippen LogP contribution is -2.51. The molecule has 1 saturated heterocycles. The number of nitro groups is 1. The van der Waals surface area contributed by atoms with E-state index in [-0.39, 0.29) is 33.8 Å². The zero-order valence-electron chi connectivity index (χ0n) is 16.1. The summed E-state index contributed by atoms with van der Waals surface area (Å²) in [7, 11) is 0. The van der Waals surface area contributed by atoms with Gasteiger partial charge in [0, 0.05) is 12.1 Å². The fourth-order valence-electron chi connectivity index (χ4n) is 2.76. The van der Waals surface area contributed by atoms with Gasteiger partial charge in [0.05, 0.1) is 16.6 Å². The predicted molar refractivity (Wildman–Crippen MR) is 117 cm³/mol. The second kappa shape index (κ2) is 9.54. The van der Waals surface area contributed by atoms with E-state index in [4.69, 9.17) is 33.3 Å². The zero-order valence-corrected chi connectivity index (χ0v) is 17.7. The van der Waals surface area contributed by atoms with Crippen molar-refractivity contribution in [1.82, 2.24) is 10.6 Å². The van der Waals surface area contributed by atoms with Crippen LogP contribution < -0.4 is 20.1 Å². The molecule has 0 aromatic heterocycles. The van der Waals surface area contributed by atoms with Crippen molar-refractivity contribution in [2.75, 3.05) is 6.61 Å². The summed E-state index contributed by atoms with van der Waals surface area (Å²) in [5, 5.41) is 15.8. The maximum Gasteiger partial charge on any atom is 0.269 e. The van der Waals surface area contributed by atoms with Gasteiger partial charge in [-0.2, -0.15) is 0 Å². The first-order chi connectivity index (χ1) is 14.8. The summed E-state index contributed by atoms with van der Waals surface area (Å²) < 4.78 is 11.4. The molecule has 2 amide bonds. The highest BCUT2D eigenvalue weighted by Gasteiger charge is 2.26. The smallest absolute Gasteiger partial charge is 0.269 e. The van der Waals surface area contributed by atoms with Crippen molar-refractivity contribution in [3.63, 3.8) is 0 Å². The van der Waals surface area contributed by atoms with Crippen LogP contribution in [0.2, 0.25) is 5.02 Å². The quantitative estimate of drug-likeness (QED) is 0.214. The molecule has 0 saturated carbocycles. The van der Waals surface area contributed by atoms with E-state index in [0.717, 1.165) is 0 Å². The van der Waals surface area contributed by atoms with Crippen LogP contribution in [0.3, 0.4) is 0 Å². The van der Waals surface area contributed by atoms with E-state index in [1.807, 2.05) is 0 Å². The van der Waals surface area contributed by atoms with Crippen LogP contribution in [0.15, 0.2) is 42.0 Å². The number of halogens is 1. The summed E-state index contributed by atoms with van der Waals surface area (Å²) in [6.07, 6.45) is 1.35. The van der Waals surface area contributed by atoms with Gasteiger partial charge in [0.1, 0.15) is 12.2 Å². The number of rotatable bonds is 7. The highest BCUT2D eigenvalue weighted by molar-refractivity contribution is 7.80. The Bertz CT molecular complexity index is 1100. The van der Waals surface area contributed by atoms with Gasteiger partial charge in [-0.25, -0.2) is 0 Å².